The first kappa shape index (κ1) is 19.9. The minimum Gasteiger partial charge on any atom is -0.550 e. The largest absolute Gasteiger partial charge is 0.550 e. The number of thiophene rings is 1. The topological polar surface area (TPSA) is 95.5 Å². The summed E-state index contributed by atoms with van der Waals surface area (Å²) in [6, 6.07) is 0. The molecule has 0 bridgehead atoms. The van der Waals surface area contributed by atoms with E-state index in [4.69, 9.17) is 16.3 Å². The summed E-state index contributed by atoms with van der Waals surface area (Å²) in [6.45, 7) is 1.97. The van der Waals surface area contributed by atoms with Crippen molar-refractivity contribution in [1.29, 1.82) is 0 Å². The van der Waals surface area contributed by atoms with Crippen molar-refractivity contribution < 1.29 is 24.2 Å². The molecule has 3 rings (SSSR count). The van der Waals surface area contributed by atoms with E-state index in [1.165, 1.54) is 11.3 Å². The number of nitrogens with one attached hydrogen (secondary N) is 1. The maximum Gasteiger partial charge on any atom is 0.341 e. The molecule has 0 aromatic carbocycles. The van der Waals surface area contributed by atoms with Crippen molar-refractivity contribution in [3.8, 4) is 0 Å². The molecule has 0 unspecified atom stereocenters. The van der Waals surface area contributed by atoms with Gasteiger partial charge in [-0.3, -0.25) is 4.79 Å². The fraction of sp³-hybridized carbons (Fsp3) is 0.526. The maximum atomic E-state index is 12.8. The molecule has 0 saturated heterocycles. The van der Waals surface area contributed by atoms with Crippen LogP contribution in [-0.4, -0.2) is 24.5 Å². The average molecular weight is 411 g/mol. The maximum absolute atomic E-state index is 12.8. The number of amides is 1. The van der Waals surface area contributed by atoms with E-state index >= 15 is 0 Å². The van der Waals surface area contributed by atoms with Crippen molar-refractivity contribution in [2.24, 2.45) is 11.8 Å². The van der Waals surface area contributed by atoms with Crippen molar-refractivity contribution in [2.75, 3.05) is 11.9 Å². The SMILES string of the molecule is CCOC(=O)c1c(NC(=O)[C@@H]2CC(Cl)=CC[C@@H]2C(=O)[O-])sc2c1CCCC2. The number of esters is 1. The van der Waals surface area contributed by atoms with Crippen LogP contribution in [0.5, 0.6) is 0 Å². The second-order valence-corrected chi connectivity index (χ2v) is 8.34. The first-order chi connectivity index (χ1) is 12.9. The van der Waals surface area contributed by atoms with Crippen LogP contribution in [0.4, 0.5) is 5.00 Å². The number of carboxylic acid groups (broad SMARTS) is 1. The lowest BCUT2D eigenvalue weighted by atomic mass is 9.82. The third-order valence-corrected chi connectivity index (χ3v) is 6.54. The van der Waals surface area contributed by atoms with Gasteiger partial charge in [0.1, 0.15) is 5.00 Å². The summed E-state index contributed by atoms with van der Waals surface area (Å²) in [5, 5.41) is 15.1. The molecule has 2 aliphatic carbocycles. The molecule has 6 nitrogen and oxygen atoms in total. The zero-order chi connectivity index (χ0) is 19.6. The molecule has 2 aliphatic rings. The molecule has 1 N–H and O–H groups in total. The van der Waals surface area contributed by atoms with Crippen molar-refractivity contribution in [3.05, 3.63) is 27.1 Å². The smallest absolute Gasteiger partial charge is 0.341 e. The predicted molar refractivity (Wildman–Crippen MR) is 101 cm³/mol. The van der Waals surface area contributed by atoms with Gasteiger partial charge < -0.3 is 20.0 Å². The Morgan fingerprint density at radius 3 is 2.74 bits per heavy atom. The Morgan fingerprint density at radius 2 is 2.04 bits per heavy atom. The Balaban J connectivity index is 1.89. The molecule has 0 fully saturated rings. The average Bonchev–Trinajstić information content (AvgIpc) is 2.99. The van der Waals surface area contributed by atoms with E-state index in [9.17, 15) is 19.5 Å². The summed E-state index contributed by atoms with van der Waals surface area (Å²) < 4.78 is 5.18. The molecule has 0 saturated carbocycles. The van der Waals surface area contributed by atoms with Gasteiger partial charge in [0.25, 0.3) is 0 Å². The van der Waals surface area contributed by atoms with Gasteiger partial charge in [0.2, 0.25) is 5.91 Å². The number of hydrogen-bond acceptors (Lipinski definition) is 6. The molecular weight excluding hydrogens is 390 g/mol. The standard InChI is InChI=1S/C19H22ClNO5S/c1-2-26-19(25)15-12-5-3-4-6-14(12)27-17(15)21-16(22)13-9-10(20)7-8-11(13)18(23)24/h7,11,13H,2-6,8-9H2,1H3,(H,21,22)(H,23,24)/p-1/t11-,13+/m0/s1. The summed E-state index contributed by atoms with van der Waals surface area (Å²) in [4.78, 5) is 37.8. The molecule has 1 heterocycles. The Labute approximate surface area is 166 Å². The molecular formula is C19H21ClNO5S-. The second kappa shape index (κ2) is 8.44. The minimum absolute atomic E-state index is 0.145. The first-order valence-corrected chi connectivity index (χ1v) is 10.3. The van der Waals surface area contributed by atoms with E-state index < -0.39 is 29.7 Å². The number of carboxylic acids is 1. The molecule has 2 atom stereocenters. The van der Waals surface area contributed by atoms with E-state index in [-0.39, 0.29) is 19.4 Å². The number of allylic oxidation sites excluding steroid dienone is 2. The minimum atomic E-state index is -1.27. The monoisotopic (exact) mass is 410 g/mol. The van der Waals surface area contributed by atoms with Gasteiger partial charge in [-0.25, -0.2) is 4.79 Å². The van der Waals surface area contributed by atoms with E-state index in [2.05, 4.69) is 5.32 Å². The van der Waals surface area contributed by atoms with Gasteiger partial charge in [0.05, 0.1) is 18.1 Å². The van der Waals surface area contributed by atoms with Crippen LogP contribution in [0.2, 0.25) is 0 Å². The quantitative estimate of drug-likeness (QED) is 0.753. The zero-order valence-electron chi connectivity index (χ0n) is 15.0. The molecule has 27 heavy (non-hydrogen) atoms. The van der Waals surface area contributed by atoms with Gasteiger partial charge in [0, 0.05) is 21.8 Å². The lowest BCUT2D eigenvalue weighted by Crippen LogP contribution is -2.42. The molecule has 0 aliphatic heterocycles. The third-order valence-electron chi connectivity index (χ3n) is 5.02. The second-order valence-electron chi connectivity index (χ2n) is 6.75. The van der Waals surface area contributed by atoms with Gasteiger partial charge in [0.15, 0.2) is 0 Å². The fourth-order valence-corrected chi connectivity index (χ4v) is 5.20. The van der Waals surface area contributed by atoms with Crippen LogP contribution in [0, 0.1) is 11.8 Å². The Bertz CT molecular complexity index is 800. The normalized spacial score (nSPS) is 21.8. The van der Waals surface area contributed by atoms with Crippen LogP contribution in [0.3, 0.4) is 0 Å². The Kier molecular flexibility index (Phi) is 6.22. The van der Waals surface area contributed by atoms with Gasteiger partial charge in [-0.05, 0) is 51.0 Å². The molecule has 1 aromatic rings. The summed E-state index contributed by atoms with van der Waals surface area (Å²) in [5.41, 5.74) is 1.35. The summed E-state index contributed by atoms with van der Waals surface area (Å²) in [5.74, 6) is -3.95. The highest BCUT2D eigenvalue weighted by Gasteiger charge is 2.34. The van der Waals surface area contributed by atoms with Crippen molar-refractivity contribution in [2.45, 2.75) is 45.4 Å². The number of fused-ring (bicyclic) bond motifs is 1. The van der Waals surface area contributed by atoms with E-state index in [1.54, 1.807) is 13.0 Å². The number of aryl methyl sites for hydroxylation is 1. The third kappa shape index (κ3) is 4.19. The number of hydrogen-bond donors (Lipinski definition) is 1. The van der Waals surface area contributed by atoms with E-state index in [0.29, 0.717) is 15.6 Å². The van der Waals surface area contributed by atoms with Gasteiger partial charge in [-0.1, -0.05) is 17.7 Å². The highest BCUT2D eigenvalue weighted by atomic mass is 35.5. The van der Waals surface area contributed by atoms with Gasteiger partial charge in [-0.2, -0.15) is 0 Å². The van der Waals surface area contributed by atoms with Crippen LogP contribution >= 0.6 is 22.9 Å². The molecule has 1 aromatic heterocycles. The molecule has 1 amide bonds. The number of carbonyl (C=O) groups is 3. The molecule has 8 heteroatoms. The van der Waals surface area contributed by atoms with E-state index in [0.717, 1.165) is 36.1 Å². The summed E-state index contributed by atoms with van der Waals surface area (Å²) in [7, 11) is 0. The number of aliphatic carboxylic acids is 1. The number of carbonyl (C=O) groups excluding carboxylic acids is 3. The van der Waals surface area contributed by atoms with Crippen LogP contribution in [0.25, 0.3) is 0 Å². The van der Waals surface area contributed by atoms with Crippen molar-refractivity contribution >= 4 is 45.8 Å². The number of rotatable bonds is 5. The zero-order valence-corrected chi connectivity index (χ0v) is 16.6. The van der Waals surface area contributed by atoms with Crippen molar-refractivity contribution in [1.82, 2.24) is 0 Å². The van der Waals surface area contributed by atoms with Crippen LogP contribution in [0.15, 0.2) is 11.1 Å². The summed E-state index contributed by atoms with van der Waals surface area (Å²) >= 11 is 7.41. The number of anilines is 1. The Morgan fingerprint density at radius 1 is 1.30 bits per heavy atom. The number of ether oxygens (including phenoxy) is 1. The van der Waals surface area contributed by atoms with Crippen molar-refractivity contribution in [3.63, 3.8) is 0 Å². The van der Waals surface area contributed by atoms with Crippen LogP contribution < -0.4 is 10.4 Å². The summed E-state index contributed by atoms with van der Waals surface area (Å²) in [6.07, 6.45) is 5.58. The molecule has 0 radical (unpaired) electrons. The van der Waals surface area contributed by atoms with Gasteiger partial charge in [-0.15, -0.1) is 11.3 Å². The lowest BCUT2D eigenvalue weighted by molar-refractivity contribution is -0.313. The first-order valence-electron chi connectivity index (χ1n) is 9.10. The van der Waals surface area contributed by atoms with E-state index in [1.807, 2.05) is 0 Å². The Hall–Kier alpha value is -1.86. The molecule has 146 valence electrons. The number of halogens is 1. The predicted octanol–water partition coefficient (Wildman–Crippen LogP) is 2.64. The van der Waals surface area contributed by atoms with Crippen LogP contribution in [0.1, 0.15) is 53.4 Å². The highest BCUT2D eigenvalue weighted by Crippen LogP contribution is 2.40. The highest BCUT2D eigenvalue weighted by molar-refractivity contribution is 7.17. The fourth-order valence-electron chi connectivity index (χ4n) is 3.67. The van der Waals surface area contributed by atoms with Gasteiger partial charge >= 0.3 is 5.97 Å². The lowest BCUT2D eigenvalue weighted by Gasteiger charge is -2.29. The van der Waals surface area contributed by atoms with Crippen LogP contribution in [-0.2, 0) is 27.2 Å². The molecule has 0 spiro atoms.